The fourth-order valence-corrected chi connectivity index (χ4v) is 1.96. The van der Waals surface area contributed by atoms with Crippen LogP contribution in [0.3, 0.4) is 0 Å². The van der Waals surface area contributed by atoms with Crippen molar-refractivity contribution in [2.45, 2.75) is 12.0 Å². The van der Waals surface area contributed by atoms with Crippen LogP contribution in [0.25, 0.3) is 0 Å². The van der Waals surface area contributed by atoms with Crippen molar-refractivity contribution < 1.29 is 27.8 Å². The number of hydrogen-bond donors (Lipinski definition) is 1. The van der Waals surface area contributed by atoms with E-state index in [1.54, 1.807) is 6.07 Å². The average molecular weight is 310 g/mol. The first kappa shape index (κ1) is 16.3. The van der Waals surface area contributed by atoms with E-state index >= 15 is 0 Å². The molecule has 1 amide bonds. The number of rotatable bonds is 3. The Bertz CT molecular complexity index is 476. The molecule has 0 aromatic heterocycles. The van der Waals surface area contributed by atoms with E-state index in [-0.39, 0.29) is 29.5 Å². The van der Waals surface area contributed by atoms with Crippen LogP contribution >= 0.6 is 12.4 Å². The zero-order chi connectivity index (χ0) is 14.0. The molecule has 0 radical (unpaired) electrons. The molecular formula is C12H14ClF2NO4. The number of nitrogens with one attached hydrogen (secondary N) is 1. The summed E-state index contributed by atoms with van der Waals surface area (Å²) >= 11 is 0. The molecule has 0 unspecified atom stereocenters. The second-order valence-corrected chi connectivity index (χ2v) is 3.99. The van der Waals surface area contributed by atoms with E-state index in [1.165, 1.54) is 26.4 Å². The van der Waals surface area contributed by atoms with Crippen molar-refractivity contribution in [3.8, 4) is 11.5 Å². The van der Waals surface area contributed by atoms with Crippen LogP contribution in [0.15, 0.2) is 18.2 Å². The van der Waals surface area contributed by atoms with Gasteiger partial charge >= 0.3 is 12.0 Å². The summed E-state index contributed by atoms with van der Waals surface area (Å²) in [7, 11) is 2.72. The fourth-order valence-electron chi connectivity index (χ4n) is 1.96. The van der Waals surface area contributed by atoms with Crippen LogP contribution in [0.5, 0.6) is 11.5 Å². The van der Waals surface area contributed by atoms with Gasteiger partial charge in [0, 0.05) is 0 Å². The summed E-state index contributed by atoms with van der Waals surface area (Å²) in [5.41, 5.74) is 0.0918. The maximum absolute atomic E-state index is 13.9. The highest BCUT2D eigenvalue weighted by Crippen LogP contribution is 2.43. The molecule has 1 atom stereocenters. The number of amides is 1. The van der Waals surface area contributed by atoms with Crippen molar-refractivity contribution in [1.82, 2.24) is 5.32 Å². The lowest BCUT2D eigenvalue weighted by Crippen LogP contribution is -2.49. The molecule has 1 aromatic rings. The molecule has 0 spiro atoms. The number of alkyl carbamates (subject to hydrolysis) is 1. The Morgan fingerprint density at radius 1 is 1.30 bits per heavy atom. The van der Waals surface area contributed by atoms with Gasteiger partial charge in [-0.05, 0) is 12.1 Å². The van der Waals surface area contributed by atoms with Gasteiger partial charge in [-0.25, -0.2) is 13.6 Å². The van der Waals surface area contributed by atoms with Crippen molar-refractivity contribution in [3.63, 3.8) is 0 Å². The third-order valence-electron chi connectivity index (χ3n) is 2.83. The summed E-state index contributed by atoms with van der Waals surface area (Å²) in [5, 5.41) is 2.10. The van der Waals surface area contributed by atoms with Crippen LogP contribution in [-0.4, -0.2) is 32.8 Å². The van der Waals surface area contributed by atoms with Gasteiger partial charge in [0.25, 0.3) is 0 Å². The lowest BCUT2D eigenvalue weighted by molar-refractivity contribution is -0.105. The lowest BCUT2D eigenvalue weighted by atomic mass is 9.98. The van der Waals surface area contributed by atoms with Crippen molar-refractivity contribution in [2.24, 2.45) is 0 Å². The van der Waals surface area contributed by atoms with Crippen molar-refractivity contribution in [1.29, 1.82) is 0 Å². The third-order valence-corrected chi connectivity index (χ3v) is 2.83. The topological polar surface area (TPSA) is 56.8 Å². The van der Waals surface area contributed by atoms with Gasteiger partial charge in [0.2, 0.25) is 0 Å². The summed E-state index contributed by atoms with van der Waals surface area (Å²) in [6.07, 6.45) is -0.899. The molecule has 0 aliphatic carbocycles. The lowest BCUT2D eigenvalue weighted by Gasteiger charge is -2.33. The zero-order valence-corrected chi connectivity index (χ0v) is 11.6. The van der Waals surface area contributed by atoms with Gasteiger partial charge in [0.15, 0.2) is 6.61 Å². The SMILES string of the molecule is COc1cccc(OC)c1[C@H]1NC(=O)OCC1(F)F.Cl. The van der Waals surface area contributed by atoms with Gasteiger partial charge in [-0.3, -0.25) is 0 Å². The van der Waals surface area contributed by atoms with E-state index in [0.717, 1.165) is 0 Å². The highest BCUT2D eigenvalue weighted by atomic mass is 35.5. The zero-order valence-electron chi connectivity index (χ0n) is 10.8. The Kier molecular flexibility index (Phi) is 4.99. The van der Waals surface area contributed by atoms with Crippen LogP contribution in [-0.2, 0) is 4.74 Å². The maximum Gasteiger partial charge on any atom is 0.408 e. The van der Waals surface area contributed by atoms with Crippen molar-refractivity contribution in [2.75, 3.05) is 20.8 Å². The van der Waals surface area contributed by atoms with Crippen LogP contribution in [0.1, 0.15) is 11.6 Å². The predicted octanol–water partition coefficient (Wildman–Crippen LogP) is 2.54. The highest BCUT2D eigenvalue weighted by Gasteiger charge is 2.49. The minimum Gasteiger partial charge on any atom is -0.496 e. The number of alkyl halides is 2. The number of ether oxygens (including phenoxy) is 3. The van der Waals surface area contributed by atoms with Crippen LogP contribution < -0.4 is 14.8 Å². The number of carbonyl (C=O) groups is 1. The van der Waals surface area contributed by atoms with Gasteiger partial charge in [0.05, 0.1) is 19.8 Å². The standard InChI is InChI=1S/C12H13F2NO4.ClH/c1-17-7-4-3-5-8(18-2)9(7)10-12(13,14)6-19-11(16)15-10;/h3-5,10H,6H2,1-2H3,(H,15,16);1H/t10-;/m1./s1. The van der Waals surface area contributed by atoms with Crippen molar-refractivity contribution in [3.05, 3.63) is 23.8 Å². The first-order chi connectivity index (χ1) is 8.99. The number of hydrogen-bond acceptors (Lipinski definition) is 4. The first-order valence-electron chi connectivity index (χ1n) is 5.51. The van der Waals surface area contributed by atoms with E-state index in [9.17, 15) is 13.6 Å². The second-order valence-electron chi connectivity index (χ2n) is 3.99. The van der Waals surface area contributed by atoms with Crippen molar-refractivity contribution >= 4 is 18.5 Å². The number of benzene rings is 1. The molecule has 112 valence electrons. The molecule has 1 saturated heterocycles. The van der Waals surface area contributed by atoms with E-state index < -0.39 is 24.7 Å². The molecule has 1 aliphatic heterocycles. The minimum absolute atomic E-state index is 0. The molecule has 1 fully saturated rings. The second kappa shape index (κ2) is 6.13. The largest absolute Gasteiger partial charge is 0.496 e. The molecule has 20 heavy (non-hydrogen) atoms. The summed E-state index contributed by atoms with van der Waals surface area (Å²) in [4.78, 5) is 11.2. The molecule has 8 heteroatoms. The molecule has 1 aromatic carbocycles. The van der Waals surface area contributed by atoms with E-state index in [0.29, 0.717) is 0 Å². The summed E-state index contributed by atoms with van der Waals surface area (Å²) in [6.45, 7) is -0.981. The average Bonchev–Trinajstić information content (AvgIpc) is 2.40. The normalized spacial score (nSPS) is 20.2. The fraction of sp³-hybridized carbons (Fsp3) is 0.417. The molecule has 1 heterocycles. The predicted molar refractivity (Wildman–Crippen MR) is 69.0 cm³/mol. The van der Waals surface area contributed by atoms with Gasteiger partial charge < -0.3 is 19.5 Å². The van der Waals surface area contributed by atoms with Gasteiger partial charge in [0.1, 0.15) is 17.5 Å². The Balaban J connectivity index is 0.00000200. The summed E-state index contributed by atoms with van der Waals surface area (Å²) in [5.74, 6) is -2.83. The molecule has 2 rings (SSSR count). The molecular weight excluding hydrogens is 296 g/mol. The minimum atomic E-state index is -3.25. The molecule has 1 N–H and O–H groups in total. The summed E-state index contributed by atoms with van der Waals surface area (Å²) < 4.78 is 42.3. The molecule has 1 aliphatic rings. The highest BCUT2D eigenvalue weighted by molar-refractivity contribution is 5.85. The smallest absolute Gasteiger partial charge is 0.408 e. The summed E-state index contributed by atoms with van der Waals surface area (Å²) in [6, 6.07) is 3.10. The number of carbonyl (C=O) groups excluding carboxylic acids is 1. The van der Waals surface area contributed by atoms with E-state index in [2.05, 4.69) is 10.1 Å². The number of cyclic esters (lactones) is 1. The first-order valence-corrected chi connectivity index (χ1v) is 5.51. The van der Waals surface area contributed by atoms with Crippen LogP contribution in [0.4, 0.5) is 13.6 Å². The van der Waals surface area contributed by atoms with Gasteiger partial charge in [-0.15, -0.1) is 12.4 Å². The molecule has 5 nitrogen and oxygen atoms in total. The quantitative estimate of drug-likeness (QED) is 0.932. The van der Waals surface area contributed by atoms with Gasteiger partial charge in [-0.2, -0.15) is 0 Å². The Labute approximate surface area is 120 Å². The number of halogens is 3. The Morgan fingerprint density at radius 2 is 1.85 bits per heavy atom. The van der Waals surface area contributed by atoms with Gasteiger partial charge in [-0.1, -0.05) is 6.07 Å². The Hall–Kier alpha value is -1.76. The van der Waals surface area contributed by atoms with Crippen LogP contribution in [0, 0.1) is 0 Å². The third kappa shape index (κ3) is 2.87. The monoisotopic (exact) mass is 309 g/mol. The molecule has 0 saturated carbocycles. The number of methoxy groups -OCH3 is 2. The van der Waals surface area contributed by atoms with E-state index in [4.69, 9.17) is 9.47 Å². The molecule has 0 bridgehead atoms. The Morgan fingerprint density at radius 3 is 2.35 bits per heavy atom. The van der Waals surface area contributed by atoms with Crippen LogP contribution in [0.2, 0.25) is 0 Å². The maximum atomic E-state index is 13.9. The van der Waals surface area contributed by atoms with E-state index in [1.807, 2.05) is 0 Å².